The molecule has 0 N–H and O–H groups in total. The Bertz CT molecular complexity index is 848. The summed E-state index contributed by atoms with van der Waals surface area (Å²) in [5.41, 5.74) is 1.43. The summed E-state index contributed by atoms with van der Waals surface area (Å²) in [4.78, 5) is 29.3. The van der Waals surface area contributed by atoms with Crippen LogP contribution in [0.5, 0.6) is 5.75 Å². The molecular formula is C22H25ClN2O4. The van der Waals surface area contributed by atoms with Gasteiger partial charge in [0.05, 0.1) is 13.7 Å². The molecule has 0 aliphatic carbocycles. The molecule has 29 heavy (non-hydrogen) atoms. The van der Waals surface area contributed by atoms with E-state index in [0.29, 0.717) is 49.1 Å². The van der Waals surface area contributed by atoms with Crippen LogP contribution in [0.15, 0.2) is 48.5 Å². The monoisotopic (exact) mass is 416 g/mol. The standard InChI is InChI=1S/C22H25ClN2O4/c1-3-29-22(27)20(16-7-9-18(23)10-8-16)24-11-13-25(14-12-24)21(26)17-5-4-6-19(15-17)28-2/h4-10,15,20H,3,11-14H2,1-2H3. The highest BCUT2D eigenvalue weighted by molar-refractivity contribution is 6.30. The van der Waals surface area contributed by atoms with Gasteiger partial charge in [0, 0.05) is 36.8 Å². The van der Waals surface area contributed by atoms with Gasteiger partial charge in [0.25, 0.3) is 5.91 Å². The lowest BCUT2D eigenvalue weighted by Gasteiger charge is -2.38. The number of carbonyl (C=O) groups excluding carboxylic acids is 2. The summed E-state index contributed by atoms with van der Waals surface area (Å²) in [5, 5.41) is 0.616. The molecule has 2 aromatic carbocycles. The molecule has 1 aliphatic heterocycles. The summed E-state index contributed by atoms with van der Waals surface area (Å²) in [6, 6.07) is 13.9. The molecule has 1 atom stereocenters. The predicted molar refractivity (Wildman–Crippen MR) is 111 cm³/mol. The molecule has 1 heterocycles. The second-order valence-electron chi connectivity index (χ2n) is 6.77. The van der Waals surface area contributed by atoms with Crippen molar-refractivity contribution in [3.05, 3.63) is 64.7 Å². The molecule has 154 valence electrons. The third-order valence-corrected chi connectivity index (χ3v) is 5.23. The van der Waals surface area contributed by atoms with E-state index in [4.69, 9.17) is 21.1 Å². The van der Waals surface area contributed by atoms with Crippen LogP contribution in [0.2, 0.25) is 5.02 Å². The Morgan fingerprint density at radius 2 is 1.76 bits per heavy atom. The Balaban J connectivity index is 1.71. The fourth-order valence-electron chi connectivity index (χ4n) is 3.48. The van der Waals surface area contributed by atoms with Crippen molar-refractivity contribution < 1.29 is 19.1 Å². The lowest BCUT2D eigenvalue weighted by molar-refractivity contribution is -0.150. The quantitative estimate of drug-likeness (QED) is 0.675. The molecule has 1 unspecified atom stereocenters. The molecule has 0 spiro atoms. The van der Waals surface area contributed by atoms with Crippen LogP contribution < -0.4 is 4.74 Å². The van der Waals surface area contributed by atoms with Gasteiger partial charge in [-0.25, -0.2) is 4.79 Å². The first-order chi connectivity index (χ1) is 14.0. The summed E-state index contributed by atoms with van der Waals surface area (Å²) in [6.45, 7) is 4.31. The number of halogens is 1. The van der Waals surface area contributed by atoms with Gasteiger partial charge in [0.1, 0.15) is 11.8 Å². The van der Waals surface area contributed by atoms with Crippen molar-refractivity contribution in [2.45, 2.75) is 13.0 Å². The molecule has 0 bridgehead atoms. The lowest BCUT2D eigenvalue weighted by atomic mass is 10.0. The van der Waals surface area contributed by atoms with Gasteiger partial charge in [-0.15, -0.1) is 0 Å². The van der Waals surface area contributed by atoms with Crippen molar-refractivity contribution in [3.8, 4) is 5.75 Å². The minimum Gasteiger partial charge on any atom is -0.497 e. The Labute approximate surface area is 176 Å². The molecule has 0 radical (unpaired) electrons. The molecule has 7 heteroatoms. The van der Waals surface area contributed by atoms with Crippen LogP contribution in [0.3, 0.4) is 0 Å². The third-order valence-electron chi connectivity index (χ3n) is 4.98. The number of rotatable bonds is 6. The highest BCUT2D eigenvalue weighted by Crippen LogP contribution is 2.26. The zero-order chi connectivity index (χ0) is 20.8. The average molecular weight is 417 g/mol. The van der Waals surface area contributed by atoms with Crippen molar-refractivity contribution in [3.63, 3.8) is 0 Å². The molecular weight excluding hydrogens is 392 g/mol. The van der Waals surface area contributed by atoms with E-state index in [2.05, 4.69) is 4.90 Å². The van der Waals surface area contributed by atoms with Crippen molar-refractivity contribution in [1.29, 1.82) is 0 Å². The summed E-state index contributed by atoms with van der Waals surface area (Å²) in [6.07, 6.45) is 0. The summed E-state index contributed by atoms with van der Waals surface area (Å²) in [7, 11) is 1.58. The topological polar surface area (TPSA) is 59.1 Å². The van der Waals surface area contributed by atoms with Gasteiger partial charge in [0.2, 0.25) is 0 Å². The molecule has 6 nitrogen and oxygen atoms in total. The van der Waals surface area contributed by atoms with E-state index in [9.17, 15) is 9.59 Å². The average Bonchev–Trinajstić information content (AvgIpc) is 2.75. The zero-order valence-corrected chi connectivity index (χ0v) is 17.4. The number of hydrogen-bond acceptors (Lipinski definition) is 5. The maximum Gasteiger partial charge on any atom is 0.328 e. The molecule has 1 amide bonds. The second-order valence-corrected chi connectivity index (χ2v) is 7.20. The van der Waals surface area contributed by atoms with Gasteiger partial charge in [-0.05, 0) is 42.8 Å². The number of piperazine rings is 1. The minimum absolute atomic E-state index is 0.0391. The predicted octanol–water partition coefficient (Wildman–Crippen LogP) is 3.41. The van der Waals surface area contributed by atoms with Crippen molar-refractivity contribution in [2.24, 2.45) is 0 Å². The first kappa shape index (κ1) is 21.1. The van der Waals surface area contributed by atoms with Crippen molar-refractivity contribution in [1.82, 2.24) is 9.80 Å². The van der Waals surface area contributed by atoms with E-state index in [-0.39, 0.29) is 11.9 Å². The molecule has 0 aromatic heterocycles. The van der Waals surface area contributed by atoms with Gasteiger partial charge < -0.3 is 14.4 Å². The van der Waals surface area contributed by atoms with Gasteiger partial charge in [-0.2, -0.15) is 0 Å². The van der Waals surface area contributed by atoms with E-state index in [0.717, 1.165) is 5.56 Å². The normalized spacial score (nSPS) is 15.6. The lowest BCUT2D eigenvalue weighted by Crippen LogP contribution is -2.51. The van der Waals surface area contributed by atoms with Crippen LogP contribution >= 0.6 is 11.6 Å². The molecule has 0 saturated carbocycles. The number of hydrogen-bond donors (Lipinski definition) is 0. The summed E-state index contributed by atoms with van der Waals surface area (Å²) >= 11 is 5.99. The number of nitrogens with zero attached hydrogens (tertiary/aromatic N) is 2. The van der Waals surface area contributed by atoms with Gasteiger partial charge in [0.15, 0.2) is 0 Å². The summed E-state index contributed by atoms with van der Waals surface area (Å²) < 4.78 is 10.5. The van der Waals surface area contributed by atoms with Gasteiger partial charge in [-0.3, -0.25) is 9.69 Å². The highest BCUT2D eigenvalue weighted by atomic mass is 35.5. The largest absolute Gasteiger partial charge is 0.497 e. The van der Waals surface area contributed by atoms with Crippen molar-refractivity contribution >= 4 is 23.5 Å². The fourth-order valence-corrected chi connectivity index (χ4v) is 3.61. The van der Waals surface area contributed by atoms with Crippen LogP contribution in [0.4, 0.5) is 0 Å². The Hall–Kier alpha value is -2.57. The number of ether oxygens (including phenoxy) is 2. The molecule has 1 saturated heterocycles. The first-order valence-electron chi connectivity index (χ1n) is 9.63. The van der Waals surface area contributed by atoms with Crippen LogP contribution in [0.25, 0.3) is 0 Å². The van der Waals surface area contributed by atoms with E-state index >= 15 is 0 Å². The van der Waals surface area contributed by atoms with E-state index in [1.807, 2.05) is 18.2 Å². The zero-order valence-electron chi connectivity index (χ0n) is 16.6. The maximum absolute atomic E-state index is 12.8. The Morgan fingerprint density at radius 3 is 2.38 bits per heavy atom. The fraction of sp³-hybridized carbons (Fsp3) is 0.364. The number of amides is 1. The first-order valence-corrected chi connectivity index (χ1v) is 10.0. The maximum atomic E-state index is 12.8. The van der Waals surface area contributed by atoms with Crippen LogP contribution in [0.1, 0.15) is 28.9 Å². The van der Waals surface area contributed by atoms with E-state index < -0.39 is 6.04 Å². The number of carbonyl (C=O) groups is 2. The molecule has 1 fully saturated rings. The third kappa shape index (κ3) is 5.08. The number of benzene rings is 2. The second kappa shape index (κ2) is 9.76. The molecule has 1 aliphatic rings. The molecule has 3 rings (SSSR count). The summed E-state index contributed by atoms with van der Waals surface area (Å²) in [5.74, 6) is 0.324. The van der Waals surface area contributed by atoms with Crippen molar-refractivity contribution in [2.75, 3.05) is 39.9 Å². The Kier molecular flexibility index (Phi) is 7.12. The number of esters is 1. The SMILES string of the molecule is CCOC(=O)C(c1ccc(Cl)cc1)N1CCN(C(=O)c2cccc(OC)c2)CC1. The minimum atomic E-state index is -0.513. The number of methoxy groups -OCH3 is 1. The van der Waals surface area contributed by atoms with Crippen LogP contribution in [0, 0.1) is 0 Å². The van der Waals surface area contributed by atoms with Crippen LogP contribution in [-0.4, -0.2) is 61.6 Å². The van der Waals surface area contributed by atoms with Crippen LogP contribution in [-0.2, 0) is 9.53 Å². The van der Waals surface area contributed by atoms with Gasteiger partial charge >= 0.3 is 5.97 Å². The Morgan fingerprint density at radius 1 is 1.07 bits per heavy atom. The van der Waals surface area contributed by atoms with E-state index in [1.165, 1.54) is 0 Å². The highest BCUT2D eigenvalue weighted by Gasteiger charge is 2.32. The molecule has 2 aromatic rings. The van der Waals surface area contributed by atoms with E-state index in [1.54, 1.807) is 49.3 Å². The van der Waals surface area contributed by atoms with Gasteiger partial charge in [-0.1, -0.05) is 29.8 Å². The smallest absolute Gasteiger partial charge is 0.328 e.